The molecular weight excluding hydrogens is 224 g/mol. The van der Waals surface area contributed by atoms with E-state index < -0.39 is 0 Å². The number of carbonyl (C=O) groups is 1. The van der Waals surface area contributed by atoms with E-state index in [1.165, 1.54) is 5.56 Å². The second kappa shape index (κ2) is 4.75. The largest absolute Gasteiger partial charge is 0.493 e. The number of Topliss-reactive ketones (excluding diaryl/α,β-unsaturated/α-hetero) is 1. The molecule has 2 rings (SSSR count). The van der Waals surface area contributed by atoms with Gasteiger partial charge in [0.1, 0.15) is 11.5 Å². The average molecular weight is 246 g/mol. The van der Waals surface area contributed by atoms with Crippen LogP contribution >= 0.6 is 0 Å². The summed E-state index contributed by atoms with van der Waals surface area (Å²) in [5.74, 6) is 1.74. The zero-order valence-corrected chi connectivity index (χ0v) is 11.7. The lowest BCUT2D eigenvalue weighted by Crippen LogP contribution is -2.23. The van der Waals surface area contributed by atoms with Crippen molar-refractivity contribution in [3.63, 3.8) is 0 Å². The smallest absolute Gasteiger partial charge is 0.142 e. The molecule has 1 aliphatic heterocycles. The van der Waals surface area contributed by atoms with Gasteiger partial charge in [0, 0.05) is 17.4 Å². The topological polar surface area (TPSA) is 26.3 Å². The summed E-state index contributed by atoms with van der Waals surface area (Å²) >= 11 is 0. The van der Waals surface area contributed by atoms with Gasteiger partial charge in [-0.25, -0.2) is 0 Å². The van der Waals surface area contributed by atoms with E-state index in [4.69, 9.17) is 4.74 Å². The molecule has 0 bridgehead atoms. The van der Waals surface area contributed by atoms with Gasteiger partial charge in [-0.2, -0.15) is 0 Å². The molecule has 2 heteroatoms. The van der Waals surface area contributed by atoms with Gasteiger partial charge in [-0.05, 0) is 24.0 Å². The third-order valence-electron chi connectivity index (χ3n) is 3.65. The predicted molar refractivity (Wildman–Crippen MR) is 73.1 cm³/mol. The van der Waals surface area contributed by atoms with Crippen molar-refractivity contribution in [2.75, 3.05) is 6.61 Å². The van der Waals surface area contributed by atoms with Crippen LogP contribution in [0.2, 0.25) is 0 Å². The summed E-state index contributed by atoms with van der Waals surface area (Å²) in [6, 6.07) is 6.06. The second-order valence-electron chi connectivity index (χ2n) is 6.22. The fourth-order valence-electron chi connectivity index (χ4n) is 2.36. The van der Waals surface area contributed by atoms with Gasteiger partial charge in [0.2, 0.25) is 0 Å². The Morgan fingerprint density at radius 3 is 2.78 bits per heavy atom. The molecule has 1 unspecified atom stereocenters. The number of benzene rings is 1. The SMILES string of the molecule is CC1CCOc2cccc(CC(=O)C(C)(C)C)c21. The Labute approximate surface area is 109 Å². The third-order valence-corrected chi connectivity index (χ3v) is 3.65. The fourth-order valence-corrected chi connectivity index (χ4v) is 2.36. The third kappa shape index (κ3) is 2.58. The summed E-state index contributed by atoms with van der Waals surface area (Å²) < 4.78 is 5.69. The maximum absolute atomic E-state index is 12.2. The molecule has 1 aliphatic rings. The lowest BCUT2D eigenvalue weighted by atomic mass is 9.83. The van der Waals surface area contributed by atoms with Crippen molar-refractivity contribution in [1.29, 1.82) is 0 Å². The summed E-state index contributed by atoms with van der Waals surface area (Å²) in [6.07, 6.45) is 1.55. The van der Waals surface area contributed by atoms with Crippen molar-refractivity contribution in [2.45, 2.75) is 46.5 Å². The van der Waals surface area contributed by atoms with Crippen LogP contribution in [0.5, 0.6) is 5.75 Å². The number of ketones is 1. The molecule has 0 N–H and O–H groups in total. The molecule has 0 saturated heterocycles. The predicted octanol–water partition coefficient (Wildman–Crippen LogP) is 3.73. The van der Waals surface area contributed by atoms with Crippen molar-refractivity contribution in [3.05, 3.63) is 29.3 Å². The number of hydrogen-bond acceptors (Lipinski definition) is 2. The standard InChI is InChI=1S/C16H22O2/c1-11-8-9-18-13-7-5-6-12(15(11)13)10-14(17)16(2,3)4/h5-7,11H,8-10H2,1-4H3. The molecule has 0 saturated carbocycles. The van der Waals surface area contributed by atoms with Gasteiger partial charge < -0.3 is 4.74 Å². The number of fused-ring (bicyclic) bond motifs is 1. The van der Waals surface area contributed by atoms with E-state index in [1.54, 1.807) is 0 Å². The first-order chi connectivity index (χ1) is 8.39. The minimum absolute atomic E-state index is 0.276. The summed E-state index contributed by atoms with van der Waals surface area (Å²) in [6.45, 7) is 8.93. The van der Waals surface area contributed by atoms with Crippen LogP contribution in [-0.4, -0.2) is 12.4 Å². The molecular formula is C16H22O2. The maximum Gasteiger partial charge on any atom is 0.142 e. The van der Waals surface area contributed by atoms with Crippen LogP contribution in [-0.2, 0) is 11.2 Å². The maximum atomic E-state index is 12.2. The Morgan fingerprint density at radius 1 is 1.39 bits per heavy atom. The van der Waals surface area contributed by atoms with Crippen LogP contribution in [0.4, 0.5) is 0 Å². The lowest BCUT2D eigenvalue weighted by Gasteiger charge is -2.26. The van der Waals surface area contributed by atoms with Crippen molar-refractivity contribution < 1.29 is 9.53 Å². The highest BCUT2D eigenvalue weighted by Gasteiger charge is 2.26. The molecule has 0 aliphatic carbocycles. The molecule has 0 spiro atoms. The lowest BCUT2D eigenvalue weighted by molar-refractivity contribution is -0.125. The summed E-state index contributed by atoms with van der Waals surface area (Å²) in [4.78, 5) is 12.2. The van der Waals surface area contributed by atoms with Crippen LogP contribution in [0.15, 0.2) is 18.2 Å². The minimum atomic E-state index is -0.276. The van der Waals surface area contributed by atoms with E-state index in [2.05, 4.69) is 13.0 Å². The Bertz CT molecular complexity index is 455. The van der Waals surface area contributed by atoms with Crippen molar-refractivity contribution in [2.24, 2.45) is 5.41 Å². The van der Waals surface area contributed by atoms with Crippen LogP contribution in [0.3, 0.4) is 0 Å². The van der Waals surface area contributed by atoms with Crippen LogP contribution < -0.4 is 4.74 Å². The first-order valence-corrected chi connectivity index (χ1v) is 6.67. The Balaban J connectivity index is 2.32. The van der Waals surface area contributed by atoms with Crippen LogP contribution in [0, 0.1) is 5.41 Å². The van der Waals surface area contributed by atoms with E-state index in [-0.39, 0.29) is 11.2 Å². The van der Waals surface area contributed by atoms with Crippen LogP contribution in [0.25, 0.3) is 0 Å². The van der Waals surface area contributed by atoms with Crippen molar-refractivity contribution in [1.82, 2.24) is 0 Å². The van der Waals surface area contributed by atoms with E-state index in [0.717, 1.165) is 24.3 Å². The average Bonchev–Trinajstić information content (AvgIpc) is 2.28. The highest BCUT2D eigenvalue weighted by molar-refractivity contribution is 5.86. The normalized spacial score (nSPS) is 19.0. The van der Waals surface area contributed by atoms with Crippen molar-refractivity contribution >= 4 is 5.78 Å². The molecule has 1 aromatic carbocycles. The molecule has 0 aromatic heterocycles. The quantitative estimate of drug-likeness (QED) is 0.794. The van der Waals surface area contributed by atoms with Gasteiger partial charge in [0.15, 0.2) is 0 Å². The van der Waals surface area contributed by atoms with Gasteiger partial charge in [-0.15, -0.1) is 0 Å². The van der Waals surface area contributed by atoms with Gasteiger partial charge in [-0.1, -0.05) is 39.8 Å². The first kappa shape index (κ1) is 13.1. The number of rotatable bonds is 2. The zero-order chi connectivity index (χ0) is 13.3. The number of carbonyl (C=O) groups excluding carboxylic acids is 1. The number of hydrogen-bond donors (Lipinski definition) is 0. The van der Waals surface area contributed by atoms with Gasteiger partial charge in [0.05, 0.1) is 6.61 Å². The van der Waals surface area contributed by atoms with E-state index in [0.29, 0.717) is 12.3 Å². The van der Waals surface area contributed by atoms with Gasteiger partial charge >= 0.3 is 0 Å². The fraction of sp³-hybridized carbons (Fsp3) is 0.562. The minimum Gasteiger partial charge on any atom is -0.493 e. The molecule has 1 atom stereocenters. The van der Waals surface area contributed by atoms with Gasteiger partial charge in [0.25, 0.3) is 0 Å². The molecule has 18 heavy (non-hydrogen) atoms. The molecule has 1 heterocycles. The summed E-state index contributed by atoms with van der Waals surface area (Å²) in [7, 11) is 0. The molecule has 1 aromatic rings. The zero-order valence-electron chi connectivity index (χ0n) is 11.7. The van der Waals surface area contributed by atoms with Crippen LogP contribution in [0.1, 0.15) is 51.2 Å². The molecule has 98 valence electrons. The molecule has 0 fully saturated rings. The first-order valence-electron chi connectivity index (χ1n) is 6.67. The number of ether oxygens (including phenoxy) is 1. The Kier molecular flexibility index (Phi) is 3.47. The molecule has 0 radical (unpaired) electrons. The van der Waals surface area contributed by atoms with Crippen molar-refractivity contribution in [3.8, 4) is 5.75 Å². The molecule has 0 amide bonds. The summed E-state index contributed by atoms with van der Waals surface area (Å²) in [5, 5.41) is 0. The van der Waals surface area contributed by atoms with E-state index >= 15 is 0 Å². The van der Waals surface area contributed by atoms with Gasteiger partial charge in [-0.3, -0.25) is 4.79 Å². The monoisotopic (exact) mass is 246 g/mol. The Morgan fingerprint density at radius 2 is 2.11 bits per heavy atom. The highest BCUT2D eigenvalue weighted by Crippen LogP contribution is 2.36. The molecule has 2 nitrogen and oxygen atoms in total. The highest BCUT2D eigenvalue weighted by atomic mass is 16.5. The summed E-state index contributed by atoms with van der Waals surface area (Å²) in [5.41, 5.74) is 2.10. The second-order valence-corrected chi connectivity index (χ2v) is 6.22. The Hall–Kier alpha value is -1.31. The van der Waals surface area contributed by atoms with E-state index in [1.807, 2.05) is 32.9 Å². The van der Waals surface area contributed by atoms with E-state index in [9.17, 15) is 4.79 Å².